The normalized spacial score (nSPS) is 17.2. The Morgan fingerprint density at radius 1 is 1.43 bits per heavy atom. The number of rotatable bonds is 5. The molecule has 5 nitrogen and oxygen atoms in total. The zero-order valence-electron chi connectivity index (χ0n) is 14.6. The highest BCUT2D eigenvalue weighted by atomic mass is 127. The lowest BCUT2D eigenvalue weighted by atomic mass is 10.0. The van der Waals surface area contributed by atoms with Crippen molar-refractivity contribution < 1.29 is 0 Å². The minimum Gasteiger partial charge on any atom is -0.354 e. The van der Waals surface area contributed by atoms with Crippen LogP contribution in [0.2, 0.25) is 0 Å². The lowest BCUT2D eigenvalue weighted by molar-refractivity contribution is 0.167. The highest BCUT2D eigenvalue weighted by molar-refractivity contribution is 14.0. The minimum atomic E-state index is 0. The molecule has 7 heteroatoms. The number of thiazole rings is 1. The van der Waals surface area contributed by atoms with Gasteiger partial charge >= 0.3 is 0 Å². The van der Waals surface area contributed by atoms with Gasteiger partial charge in [-0.1, -0.05) is 6.92 Å². The van der Waals surface area contributed by atoms with Crippen molar-refractivity contribution in [3.05, 3.63) is 16.1 Å². The lowest BCUT2D eigenvalue weighted by Gasteiger charge is -2.35. The molecule has 0 aromatic carbocycles. The van der Waals surface area contributed by atoms with Gasteiger partial charge in [0.25, 0.3) is 0 Å². The average Bonchev–Trinajstić information content (AvgIpc) is 3.00. The van der Waals surface area contributed by atoms with Crippen molar-refractivity contribution in [1.82, 2.24) is 20.5 Å². The summed E-state index contributed by atoms with van der Waals surface area (Å²) in [6, 6.07) is 1.17. The SMILES string of the molecule is CCc1nc(CNC(=NC)NC2CCN(C(C)C)CC2)cs1.I. The molecule has 0 atom stereocenters. The highest BCUT2D eigenvalue weighted by Gasteiger charge is 2.21. The number of hydrogen-bond acceptors (Lipinski definition) is 4. The highest BCUT2D eigenvalue weighted by Crippen LogP contribution is 2.13. The topological polar surface area (TPSA) is 52.6 Å². The quantitative estimate of drug-likeness (QED) is 0.411. The van der Waals surface area contributed by atoms with Crippen LogP contribution in [-0.4, -0.2) is 48.1 Å². The molecule has 1 aliphatic rings. The Labute approximate surface area is 161 Å². The number of likely N-dealkylation sites (tertiary alicyclic amines) is 1. The molecule has 23 heavy (non-hydrogen) atoms. The van der Waals surface area contributed by atoms with Crippen molar-refractivity contribution in [2.75, 3.05) is 20.1 Å². The summed E-state index contributed by atoms with van der Waals surface area (Å²) < 4.78 is 0. The van der Waals surface area contributed by atoms with E-state index in [9.17, 15) is 0 Å². The molecular weight excluding hydrogens is 421 g/mol. The van der Waals surface area contributed by atoms with E-state index in [1.165, 1.54) is 17.8 Å². The van der Waals surface area contributed by atoms with Gasteiger partial charge in [-0.25, -0.2) is 4.98 Å². The van der Waals surface area contributed by atoms with Gasteiger partial charge in [0.05, 0.1) is 17.2 Å². The first-order chi connectivity index (χ1) is 10.6. The minimum absolute atomic E-state index is 0. The van der Waals surface area contributed by atoms with Crippen LogP contribution < -0.4 is 10.6 Å². The molecule has 1 fully saturated rings. The molecule has 0 radical (unpaired) electrons. The van der Waals surface area contributed by atoms with Gasteiger partial charge in [-0.15, -0.1) is 35.3 Å². The van der Waals surface area contributed by atoms with Crippen molar-refractivity contribution in [2.45, 2.75) is 58.7 Å². The Balaban J connectivity index is 0.00000264. The molecule has 0 aliphatic carbocycles. The zero-order chi connectivity index (χ0) is 15.9. The van der Waals surface area contributed by atoms with Crippen LogP contribution in [0.15, 0.2) is 10.4 Å². The molecule has 132 valence electrons. The molecule has 1 saturated heterocycles. The third-order valence-electron chi connectivity index (χ3n) is 4.16. The van der Waals surface area contributed by atoms with E-state index in [1.807, 2.05) is 7.05 Å². The van der Waals surface area contributed by atoms with E-state index in [1.54, 1.807) is 11.3 Å². The fraction of sp³-hybridized carbons (Fsp3) is 0.750. The number of nitrogens with zero attached hydrogens (tertiary/aromatic N) is 3. The number of aromatic nitrogens is 1. The number of guanidine groups is 1. The van der Waals surface area contributed by atoms with Crippen LogP contribution in [0.3, 0.4) is 0 Å². The summed E-state index contributed by atoms with van der Waals surface area (Å²) in [6.45, 7) is 9.75. The molecule has 1 aliphatic heterocycles. The third kappa shape index (κ3) is 6.54. The van der Waals surface area contributed by atoms with Gasteiger partial charge in [-0.05, 0) is 33.1 Å². The molecule has 2 heterocycles. The van der Waals surface area contributed by atoms with E-state index in [0.29, 0.717) is 12.1 Å². The van der Waals surface area contributed by atoms with E-state index in [2.05, 4.69) is 51.7 Å². The predicted molar refractivity (Wildman–Crippen MR) is 110 cm³/mol. The van der Waals surface area contributed by atoms with E-state index < -0.39 is 0 Å². The van der Waals surface area contributed by atoms with Crippen LogP contribution >= 0.6 is 35.3 Å². The number of hydrogen-bond donors (Lipinski definition) is 2. The van der Waals surface area contributed by atoms with Crippen LogP contribution in [0.4, 0.5) is 0 Å². The fourth-order valence-electron chi connectivity index (χ4n) is 2.71. The van der Waals surface area contributed by atoms with E-state index in [0.717, 1.165) is 37.7 Å². The first-order valence-corrected chi connectivity index (χ1v) is 9.14. The summed E-state index contributed by atoms with van der Waals surface area (Å²) >= 11 is 1.73. The molecular formula is C16H30IN5S. The maximum absolute atomic E-state index is 4.58. The Morgan fingerprint density at radius 2 is 2.13 bits per heavy atom. The predicted octanol–water partition coefficient (Wildman–Crippen LogP) is 2.86. The van der Waals surface area contributed by atoms with Gasteiger partial charge in [0.15, 0.2) is 5.96 Å². The summed E-state index contributed by atoms with van der Waals surface area (Å²) in [7, 11) is 1.83. The second kappa shape index (κ2) is 10.5. The first-order valence-electron chi connectivity index (χ1n) is 8.26. The number of aryl methyl sites for hydroxylation is 1. The molecule has 0 unspecified atom stereocenters. The van der Waals surface area contributed by atoms with Crippen LogP contribution in [0.5, 0.6) is 0 Å². The number of piperidine rings is 1. The van der Waals surface area contributed by atoms with Crippen molar-refractivity contribution in [2.24, 2.45) is 4.99 Å². The second-order valence-corrected chi connectivity index (χ2v) is 7.00. The number of nitrogens with one attached hydrogen (secondary N) is 2. The van der Waals surface area contributed by atoms with Gasteiger partial charge in [0.2, 0.25) is 0 Å². The Bertz CT molecular complexity index is 481. The molecule has 0 spiro atoms. The van der Waals surface area contributed by atoms with Crippen molar-refractivity contribution in [1.29, 1.82) is 0 Å². The number of aliphatic imine (C=N–C) groups is 1. The first kappa shape index (κ1) is 20.6. The molecule has 2 N–H and O–H groups in total. The molecule has 1 aromatic rings. The van der Waals surface area contributed by atoms with Crippen LogP contribution in [0.1, 0.15) is 44.3 Å². The van der Waals surface area contributed by atoms with Crippen molar-refractivity contribution in [3.63, 3.8) is 0 Å². The summed E-state index contributed by atoms with van der Waals surface area (Å²) in [4.78, 5) is 11.5. The van der Waals surface area contributed by atoms with Gasteiger partial charge in [0.1, 0.15) is 0 Å². The van der Waals surface area contributed by atoms with E-state index in [4.69, 9.17) is 0 Å². The molecule has 1 aromatic heterocycles. The van der Waals surface area contributed by atoms with Crippen molar-refractivity contribution in [3.8, 4) is 0 Å². The Morgan fingerprint density at radius 3 is 2.65 bits per heavy atom. The summed E-state index contributed by atoms with van der Waals surface area (Å²) in [6.07, 6.45) is 3.36. The van der Waals surface area contributed by atoms with E-state index in [-0.39, 0.29) is 24.0 Å². The Kier molecular flexibility index (Phi) is 9.38. The van der Waals surface area contributed by atoms with Crippen LogP contribution in [0, 0.1) is 0 Å². The van der Waals surface area contributed by atoms with Crippen molar-refractivity contribution >= 4 is 41.3 Å². The maximum atomic E-state index is 4.58. The summed E-state index contributed by atoms with van der Waals surface area (Å²) in [5, 5.41) is 10.2. The van der Waals surface area contributed by atoms with Gasteiger partial charge in [-0.3, -0.25) is 4.99 Å². The maximum Gasteiger partial charge on any atom is 0.191 e. The zero-order valence-corrected chi connectivity index (χ0v) is 17.8. The summed E-state index contributed by atoms with van der Waals surface area (Å²) in [5.74, 6) is 0.883. The molecule has 0 amide bonds. The van der Waals surface area contributed by atoms with Gasteiger partial charge < -0.3 is 15.5 Å². The van der Waals surface area contributed by atoms with Gasteiger partial charge in [0, 0.05) is 37.6 Å². The second-order valence-electron chi connectivity index (χ2n) is 6.06. The smallest absolute Gasteiger partial charge is 0.191 e. The van der Waals surface area contributed by atoms with E-state index >= 15 is 0 Å². The lowest BCUT2D eigenvalue weighted by Crippen LogP contribution is -2.49. The van der Waals surface area contributed by atoms with Gasteiger partial charge in [-0.2, -0.15) is 0 Å². The van der Waals surface area contributed by atoms with Crippen LogP contribution in [0.25, 0.3) is 0 Å². The Hall–Kier alpha value is -0.410. The standard InChI is InChI=1S/C16H29N5S.HI/c1-5-15-19-14(11-22-15)10-18-16(17-4)20-13-6-8-21(9-7-13)12(2)3;/h11-13H,5-10H2,1-4H3,(H2,17,18,20);1H. The molecule has 2 rings (SSSR count). The monoisotopic (exact) mass is 451 g/mol. The fourth-order valence-corrected chi connectivity index (χ4v) is 3.46. The molecule has 0 saturated carbocycles. The summed E-state index contributed by atoms with van der Waals surface area (Å²) in [5.41, 5.74) is 1.10. The largest absolute Gasteiger partial charge is 0.354 e. The van der Waals surface area contributed by atoms with Crippen LogP contribution in [-0.2, 0) is 13.0 Å². The average molecular weight is 451 g/mol. The number of halogens is 1. The third-order valence-corrected chi connectivity index (χ3v) is 5.20. The molecule has 0 bridgehead atoms.